The van der Waals surface area contributed by atoms with E-state index < -0.39 is 0 Å². The van der Waals surface area contributed by atoms with Crippen LogP contribution in [0.5, 0.6) is 17.2 Å². The summed E-state index contributed by atoms with van der Waals surface area (Å²) in [7, 11) is 1.62. The third-order valence-corrected chi connectivity index (χ3v) is 3.29. The van der Waals surface area contributed by atoms with Gasteiger partial charge in [0.25, 0.3) is 0 Å². The monoisotopic (exact) mass is 291 g/mol. The molecule has 2 N–H and O–H groups in total. The zero-order chi connectivity index (χ0) is 14.7. The first-order valence-electron chi connectivity index (χ1n) is 6.39. The fourth-order valence-electron chi connectivity index (χ4n) is 2.09. The molecule has 2 rings (SSSR count). The summed E-state index contributed by atoms with van der Waals surface area (Å²) in [4.78, 5) is 0. The van der Waals surface area contributed by atoms with Crippen molar-refractivity contribution in [2.24, 2.45) is 5.73 Å². The highest BCUT2D eigenvalue weighted by Gasteiger charge is 2.15. The lowest BCUT2D eigenvalue weighted by Gasteiger charge is -2.18. The predicted octanol–water partition coefficient (Wildman–Crippen LogP) is 4.47. The molecule has 0 saturated carbocycles. The smallest absolute Gasteiger partial charge is 0.135 e. The Labute approximate surface area is 124 Å². The molecule has 1 unspecified atom stereocenters. The molecule has 0 radical (unpaired) electrons. The van der Waals surface area contributed by atoms with E-state index in [4.69, 9.17) is 26.8 Å². The van der Waals surface area contributed by atoms with Crippen LogP contribution in [0.3, 0.4) is 0 Å². The Hall–Kier alpha value is -1.71. The lowest BCUT2D eigenvalue weighted by atomic mass is 10.1. The molecule has 106 valence electrons. The van der Waals surface area contributed by atoms with Gasteiger partial charge in [-0.25, -0.2) is 0 Å². The van der Waals surface area contributed by atoms with E-state index in [2.05, 4.69) is 0 Å². The van der Waals surface area contributed by atoms with Crippen molar-refractivity contribution in [1.82, 2.24) is 0 Å². The van der Waals surface area contributed by atoms with Crippen molar-refractivity contribution in [3.8, 4) is 17.2 Å². The van der Waals surface area contributed by atoms with Crippen LogP contribution in [-0.2, 0) is 0 Å². The maximum Gasteiger partial charge on any atom is 0.135 e. The summed E-state index contributed by atoms with van der Waals surface area (Å²) < 4.78 is 11.3. The van der Waals surface area contributed by atoms with Gasteiger partial charge in [0.05, 0.1) is 12.7 Å². The number of ether oxygens (including phenoxy) is 2. The van der Waals surface area contributed by atoms with Crippen LogP contribution in [0.2, 0.25) is 5.02 Å². The van der Waals surface area contributed by atoms with Gasteiger partial charge in [-0.3, -0.25) is 0 Å². The summed E-state index contributed by atoms with van der Waals surface area (Å²) in [5.74, 6) is 2.18. The second kappa shape index (κ2) is 6.16. The number of halogens is 1. The van der Waals surface area contributed by atoms with E-state index in [9.17, 15) is 0 Å². The van der Waals surface area contributed by atoms with Crippen LogP contribution in [-0.4, -0.2) is 7.11 Å². The standard InChI is InChI=1S/C16H18ClNO2/c1-10-9-12(17)7-8-13(10)20-15-6-4-5-14(19-3)16(15)11(2)18/h4-9,11H,18H2,1-3H3. The van der Waals surface area contributed by atoms with E-state index in [1.807, 2.05) is 44.2 Å². The third kappa shape index (κ3) is 3.06. The highest BCUT2D eigenvalue weighted by Crippen LogP contribution is 2.36. The van der Waals surface area contributed by atoms with E-state index in [0.29, 0.717) is 10.8 Å². The molecule has 3 nitrogen and oxygen atoms in total. The molecule has 0 saturated heterocycles. The van der Waals surface area contributed by atoms with E-state index in [1.165, 1.54) is 0 Å². The number of benzene rings is 2. The van der Waals surface area contributed by atoms with E-state index in [-0.39, 0.29) is 6.04 Å². The summed E-state index contributed by atoms with van der Waals surface area (Å²) >= 11 is 5.95. The number of aryl methyl sites for hydroxylation is 1. The molecule has 2 aromatic carbocycles. The van der Waals surface area contributed by atoms with Gasteiger partial charge in [0.15, 0.2) is 0 Å². The minimum absolute atomic E-state index is 0.186. The van der Waals surface area contributed by atoms with Crippen molar-refractivity contribution in [1.29, 1.82) is 0 Å². The van der Waals surface area contributed by atoms with Gasteiger partial charge >= 0.3 is 0 Å². The molecule has 0 aliphatic rings. The maximum absolute atomic E-state index is 6.03. The Morgan fingerprint density at radius 3 is 2.40 bits per heavy atom. The van der Waals surface area contributed by atoms with E-state index in [1.54, 1.807) is 13.2 Å². The highest BCUT2D eigenvalue weighted by molar-refractivity contribution is 6.30. The molecule has 0 heterocycles. The molecular weight excluding hydrogens is 274 g/mol. The average molecular weight is 292 g/mol. The zero-order valence-electron chi connectivity index (χ0n) is 11.8. The number of hydrogen-bond donors (Lipinski definition) is 1. The molecule has 0 spiro atoms. The molecule has 4 heteroatoms. The number of methoxy groups -OCH3 is 1. The molecule has 0 fully saturated rings. The number of hydrogen-bond acceptors (Lipinski definition) is 3. The minimum Gasteiger partial charge on any atom is -0.496 e. The summed E-state index contributed by atoms with van der Waals surface area (Å²) in [5, 5.41) is 0.688. The number of nitrogens with two attached hydrogens (primary N) is 1. The van der Waals surface area contributed by atoms with Crippen LogP contribution in [0, 0.1) is 6.92 Å². The molecule has 2 aromatic rings. The average Bonchev–Trinajstić information content (AvgIpc) is 2.41. The first-order valence-corrected chi connectivity index (χ1v) is 6.77. The van der Waals surface area contributed by atoms with E-state index >= 15 is 0 Å². The van der Waals surface area contributed by atoms with Crippen LogP contribution in [0.25, 0.3) is 0 Å². The first kappa shape index (κ1) is 14.7. The van der Waals surface area contributed by atoms with Crippen LogP contribution in [0.1, 0.15) is 24.1 Å². The fraction of sp³-hybridized carbons (Fsp3) is 0.250. The van der Waals surface area contributed by atoms with Gasteiger partial charge in [-0.05, 0) is 49.7 Å². The SMILES string of the molecule is COc1cccc(Oc2ccc(Cl)cc2C)c1C(C)N. The van der Waals surface area contributed by atoms with Gasteiger partial charge in [0, 0.05) is 11.1 Å². The van der Waals surface area contributed by atoms with Crippen molar-refractivity contribution < 1.29 is 9.47 Å². The molecule has 0 aliphatic heterocycles. The van der Waals surface area contributed by atoms with Crippen LogP contribution < -0.4 is 15.2 Å². The Kier molecular flexibility index (Phi) is 4.53. The largest absolute Gasteiger partial charge is 0.496 e. The zero-order valence-corrected chi connectivity index (χ0v) is 12.6. The predicted molar refractivity (Wildman–Crippen MR) is 81.9 cm³/mol. The van der Waals surface area contributed by atoms with Gasteiger partial charge < -0.3 is 15.2 Å². The molecule has 20 heavy (non-hydrogen) atoms. The minimum atomic E-state index is -0.186. The Morgan fingerprint density at radius 2 is 1.80 bits per heavy atom. The van der Waals surface area contributed by atoms with Crippen molar-refractivity contribution in [3.63, 3.8) is 0 Å². The van der Waals surface area contributed by atoms with Crippen LogP contribution in [0.15, 0.2) is 36.4 Å². The number of rotatable bonds is 4. The summed E-state index contributed by atoms with van der Waals surface area (Å²) in [5.41, 5.74) is 7.85. The van der Waals surface area contributed by atoms with Crippen molar-refractivity contribution >= 4 is 11.6 Å². The van der Waals surface area contributed by atoms with Gasteiger partial charge in [0.2, 0.25) is 0 Å². The van der Waals surface area contributed by atoms with Gasteiger partial charge in [-0.1, -0.05) is 17.7 Å². The summed E-state index contributed by atoms with van der Waals surface area (Å²) in [6, 6.07) is 11.0. The fourth-order valence-corrected chi connectivity index (χ4v) is 2.31. The Bertz CT molecular complexity index is 611. The van der Waals surface area contributed by atoms with Crippen molar-refractivity contribution in [2.75, 3.05) is 7.11 Å². The van der Waals surface area contributed by atoms with Crippen molar-refractivity contribution in [3.05, 3.63) is 52.5 Å². The topological polar surface area (TPSA) is 44.5 Å². The third-order valence-electron chi connectivity index (χ3n) is 3.06. The highest BCUT2D eigenvalue weighted by atomic mass is 35.5. The van der Waals surface area contributed by atoms with Gasteiger partial charge in [-0.15, -0.1) is 0 Å². The molecule has 0 bridgehead atoms. The molecule has 1 atom stereocenters. The molecule has 0 aliphatic carbocycles. The van der Waals surface area contributed by atoms with Crippen LogP contribution >= 0.6 is 11.6 Å². The summed E-state index contributed by atoms with van der Waals surface area (Å²) in [6.45, 7) is 3.85. The maximum atomic E-state index is 6.03. The lowest BCUT2D eigenvalue weighted by Crippen LogP contribution is -2.08. The van der Waals surface area contributed by atoms with E-state index in [0.717, 1.165) is 22.6 Å². The molecular formula is C16H18ClNO2. The second-order valence-corrected chi connectivity index (χ2v) is 5.11. The Balaban J connectivity index is 2.43. The lowest BCUT2D eigenvalue weighted by molar-refractivity contribution is 0.397. The van der Waals surface area contributed by atoms with Crippen LogP contribution in [0.4, 0.5) is 0 Å². The first-order chi connectivity index (χ1) is 9.52. The normalized spacial score (nSPS) is 12.1. The van der Waals surface area contributed by atoms with Gasteiger partial charge in [0.1, 0.15) is 17.2 Å². The summed E-state index contributed by atoms with van der Waals surface area (Å²) in [6.07, 6.45) is 0. The Morgan fingerprint density at radius 1 is 1.10 bits per heavy atom. The van der Waals surface area contributed by atoms with Crippen molar-refractivity contribution in [2.45, 2.75) is 19.9 Å². The second-order valence-electron chi connectivity index (χ2n) is 4.67. The quantitative estimate of drug-likeness (QED) is 0.904. The molecule has 0 amide bonds. The van der Waals surface area contributed by atoms with Gasteiger partial charge in [-0.2, -0.15) is 0 Å². The molecule has 0 aromatic heterocycles.